The van der Waals surface area contributed by atoms with Gasteiger partial charge in [0.25, 0.3) is 0 Å². The highest BCUT2D eigenvalue weighted by Crippen LogP contribution is 2.35. The largest absolute Gasteiger partial charge is 0.348 e. The van der Waals surface area contributed by atoms with Crippen molar-refractivity contribution in [2.24, 2.45) is 0 Å². The van der Waals surface area contributed by atoms with Crippen LogP contribution in [0.25, 0.3) is 17.1 Å². The molecule has 0 aliphatic carbocycles. The highest BCUT2D eigenvalue weighted by molar-refractivity contribution is 5.81. The van der Waals surface area contributed by atoms with E-state index in [4.69, 9.17) is 0 Å². The third kappa shape index (κ3) is 2.67. The number of nitrogens with zero attached hydrogens (tertiary/aromatic N) is 6. The average Bonchev–Trinajstić information content (AvgIpc) is 3.14. The molecule has 1 aliphatic rings. The monoisotopic (exact) mass is 356 g/mol. The lowest BCUT2D eigenvalue weighted by Crippen LogP contribution is -2.10. The minimum Gasteiger partial charge on any atom is -0.348 e. The summed E-state index contributed by atoms with van der Waals surface area (Å²) in [4.78, 5) is 9.14. The van der Waals surface area contributed by atoms with Gasteiger partial charge in [-0.25, -0.2) is 4.98 Å². The number of nitrogens with one attached hydrogen (secondary N) is 2. The number of para-hydroxylation sites is 2. The normalized spacial score (nSPS) is 12.8. The van der Waals surface area contributed by atoms with Gasteiger partial charge in [0.1, 0.15) is 5.82 Å². The Morgan fingerprint density at radius 1 is 1.04 bits per heavy atom. The van der Waals surface area contributed by atoms with Crippen LogP contribution >= 0.6 is 0 Å². The second-order valence-electron chi connectivity index (χ2n) is 6.29. The van der Waals surface area contributed by atoms with E-state index in [0.717, 1.165) is 16.9 Å². The molecule has 0 amide bonds. The maximum atomic E-state index is 4.67. The van der Waals surface area contributed by atoms with Gasteiger partial charge < -0.3 is 10.6 Å². The first-order valence-corrected chi connectivity index (χ1v) is 8.63. The van der Waals surface area contributed by atoms with Gasteiger partial charge in [0.05, 0.1) is 23.0 Å². The van der Waals surface area contributed by atoms with Gasteiger partial charge in [-0.3, -0.25) is 0 Å². The topological polar surface area (TPSA) is 93.4 Å². The van der Waals surface area contributed by atoms with Gasteiger partial charge >= 0.3 is 0 Å². The molecule has 5 rings (SSSR count). The van der Waals surface area contributed by atoms with Crippen molar-refractivity contribution in [2.75, 3.05) is 10.6 Å². The molecule has 4 aromatic rings. The highest BCUT2D eigenvalue weighted by atomic mass is 15.5. The molecule has 1 aliphatic heterocycles. The van der Waals surface area contributed by atoms with Crippen molar-refractivity contribution in [3.05, 3.63) is 66.4 Å². The lowest BCUT2D eigenvalue weighted by molar-refractivity contribution is 0.793. The van der Waals surface area contributed by atoms with Crippen molar-refractivity contribution < 1.29 is 0 Å². The fraction of sp³-hybridized carbons (Fsp3) is 0.105. The fourth-order valence-corrected chi connectivity index (χ4v) is 3.14. The zero-order valence-electron chi connectivity index (χ0n) is 14.5. The van der Waals surface area contributed by atoms with E-state index < -0.39 is 0 Å². The van der Waals surface area contributed by atoms with Gasteiger partial charge in [0, 0.05) is 6.20 Å². The molecule has 2 N–H and O–H groups in total. The highest BCUT2D eigenvalue weighted by Gasteiger charge is 2.23. The van der Waals surface area contributed by atoms with E-state index in [2.05, 4.69) is 55.2 Å². The third-order valence-electron chi connectivity index (χ3n) is 4.53. The Morgan fingerprint density at radius 2 is 1.85 bits per heavy atom. The zero-order valence-corrected chi connectivity index (χ0v) is 14.5. The van der Waals surface area contributed by atoms with Crippen LogP contribution in [-0.4, -0.2) is 30.2 Å². The number of hydrogen-bond acceptors (Lipinski definition) is 7. The van der Waals surface area contributed by atoms with Crippen molar-refractivity contribution in [2.45, 2.75) is 13.0 Å². The summed E-state index contributed by atoms with van der Waals surface area (Å²) in [6, 6.07) is 18.1. The Hall–Kier alpha value is -3.81. The molecule has 2 aromatic heterocycles. The second-order valence-corrected chi connectivity index (χ2v) is 6.29. The molecule has 0 saturated carbocycles. The molecule has 0 saturated heterocycles. The molecule has 0 fully saturated rings. The molecular formula is C19H16N8. The van der Waals surface area contributed by atoms with E-state index in [0.29, 0.717) is 17.6 Å². The Kier molecular flexibility index (Phi) is 3.53. The molecule has 0 bridgehead atoms. The third-order valence-corrected chi connectivity index (χ3v) is 4.53. The summed E-state index contributed by atoms with van der Waals surface area (Å²) in [6.45, 7) is 2.08. The molecule has 0 radical (unpaired) electrons. The average molecular weight is 356 g/mol. The predicted octanol–water partition coefficient (Wildman–Crippen LogP) is 3.35. The molecule has 132 valence electrons. The number of benzene rings is 2. The maximum Gasteiger partial charge on any atom is 0.225 e. The SMILES string of the molecule is CC(Nc1ncc2c(n1)Nc1ccccc1-n1nnnc1-2)c1ccccc1. The van der Waals surface area contributed by atoms with E-state index >= 15 is 0 Å². The van der Waals surface area contributed by atoms with E-state index in [1.54, 1.807) is 10.9 Å². The molecule has 3 heterocycles. The van der Waals surface area contributed by atoms with Gasteiger partial charge in [0.2, 0.25) is 5.95 Å². The summed E-state index contributed by atoms with van der Waals surface area (Å²) in [5.74, 6) is 1.80. The van der Waals surface area contributed by atoms with Crippen LogP contribution in [-0.2, 0) is 0 Å². The molecule has 1 unspecified atom stereocenters. The quantitative estimate of drug-likeness (QED) is 0.512. The van der Waals surface area contributed by atoms with Crippen molar-refractivity contribution in [3.8, 4) is 17.1 Å². The first kappa shape index (κ1) is 15.4. The van der Waals surface area contributed by atoms with Crippen LogP contribution in [0, 0.1) is 0 Å². The van der Waals surface area contributed by atoms with E-state index in [-0.39, 0.29) is 6.04 Å². The first-order chi connectivity index (χ1) is 13.3. The maximum absolute atomic E-state index is 4.67. The van der Waals surface area contributed by atoms with E-state index in [9.17, 15) is 0 Å². The summed E-state index contributed by atoms with van der Waals surface area (Å²) >= 11 is 0. The molecular weight excluding hydrogens is 340 g/mol. The minimum absolute atomic E-state index is 0.0765. The molecule has 8 heteroatoms. The Balaban J connectivity index is 1.55. The predicted molar refractivity (Wildman–Crippen MR) is 102 cm³/mol. The Morgan fingerprint density at radius 3 is 2.74 bits per heavy atom. The zero-order chi connectivity index (χ0) is 18.2. The standard InChI is InChI=1S/C19H16N8/c1-12(13-7-3-2-4-8-13)21-19-20-11-14-17(23-19)22-15-9-5-6-10-16(15)27-18(14)24-25-26-27/h2-12H,1H3,(H2,20,21,22,23). The van der Waals surface area contributed by atoms with Crippen molar-refractivity contribution >= 4 is 17.5 Å². The summed E-state index contributed by atoms with van der Waals surface area (Å²) in [7, 11) is 0. The fourth-order valence-electron chi connectivity index (χ4n) is 3.14. The van der Waals surface area contributed by atoms with Crippen molar-refractivity contribution in [1.29, 1.82) is 0 Å². The lowest BCUT2D eigenvalue weighted by Gasteiger charge is -2.15. The van der Waals surface area contributed by atoms with Crippen molar-refractivity contribution in [1.82, 2.24) is 30.2 Å². The molecule has 8 nitrogen and oxygen atoms in total. The van der Waals surface area contributed by atoms with E-state index in [1.807, 2.05) is 42.5 Å². The molecule has 1 atom stereocenters. The van der Waals surface area contributed by atoms with Crippen LogP contribution < -0.4 is 10.6 Å². The summed E-state index contributed by atoms with van der Waals surface area (Å²) in [6.07, 6.45) is 1.74. The summed E-state index contributed by atoms with van der Waals surface area (Å²) < 4.78 is 1.69. The summed E-state index contributed by atoms with van der Waals surface area (Å²) in [5, 5.41) is 18.8. The van der Waals surface area contributed by atoms with Crippen LogP contribution in [0.2, 0.25) is 0 Å². The van der Waals surface area contributed by atoms with Crippen LogP contribution in [0.15, 0.2) is 60.8 Å². The van der Waals surface area contributed by atoms with Gasteiger partial charge in [-0.2, -0.15) is 9.67 Å². The van der Waals surface area contributed by atoms with Crippen molar-refractivity contribution in [3.63, 3.8) is 0 Å². The van der Waals surface area contributed by atoms with Gasteiger partial charge in [-0.15, -0.1) is 5.10 Å². The van der Waals surface area contributed by atoms with E-state index in [1.165, 1.54) is 5.56 Å². The molecule has 2 aromatic carbocycles. The molecule has 27 heavy (non-hydrogen) atoms. The summed E-state index contributed by atoms with van der Waals surface area (Å²) in [5.41, 5.74) is 3.65. The van der Waals surface area contributed by atoms with Crippen LogP contribution in [0.5, 0.6) is 0 Å². The molecule has 0 spiro atoms. The minimum atomic E-state index is 0.0765. The Bertz CT molecular complexity index is 1110. The number of hydrogen-bond donors (Lipinski definition) is 2. The van der Waals surface area contributed by atoms with Gasteiger partial charge in [-0.1, -0.05) is 42.5 Å². The number of tetrazole rings is 1. The second kappa shape index (κ2) is 6.17. The van der Waals surface area contributed by atoms with Gasteiger partial charge in [0.15, 0.2) is 5.82 Å². The number of rotatable bonds is 3. The number of fused-ring (bicyclic) bond motifs is 5. The first-order valence-electron chi connectivity index (χ1n) is 8.63. The lowest BCUT2D eigenvalue weighted by atomic mass is 10.1. The van der Waals surface area contributed by atoms with Crippen LogP contribution in [0.4, 0.5) is 17.5 Å². The number of anilines is 3. The van der Waals surface area contributed by atoms with Gasteiger partial charge in [-0.05, 0) is 35.0 Å². The Labute approximate surface area is 155 Å². The van der Waals surface area contributed by atoms with Crippen LogP contribution in [0.1, 0.15) is 18.5 Å². The smallest absolute Gasteiger partial charge is 0.225 e. The number of aromatic nitrogens is 6. The van der Waals surface area contributed by atoms with Crippen LogP contribution in [0.3, 0.4) is 0 Å².